The number of rotatable bonds is 6. The molecule has 0 saturated heterocycles. The summed E-state index contributed by atoms with van der Waals surface area (Å²) in [5.41, 5.74) is 5.42. The van der Waals surface area contributed by atoms with E-state index in [2.05, 4.69) is 11.4 Å². The molecule has 1 rings (SSSR count). The lowest BCUT2D eigenvalue weighted by Crippen LogP contribution is -2.46. The van der Waals surface area contributed by atoms with E-state index in [9.17, 15) is 4.79 Å². The van der Waals surface area contributed by atoms with Crippen LogP contribution in [0.4, 0.5) is 0 Å². The van der Waals surface area contributed by atoms with E-state index >= 15 is 0 Å². The topological polar surface area (TPSA) is 78.9 Å². The SMILES string of the molecule is CC(C)C(NCC1(CC#N)CC1)C(N)=O. The predicted molar refractivity (Wildman–Crippen MR) is 57.7 cm³/mol. The van der Waals surface area contributed by atoms with Crippen molar-refractivity contribution in [2.75, 3.05) is 6.54 Å². The summed E-state index contributed by atoms with van der Waals surface area (Å²) in [5, 5.41) is 11.8. The first-order chi connectivity index (χ1) is 7.01. The average molecular weight is 209 g/mol. The second-order valence-corrected chi connectivity index (χ2v) is 4.84. The summed E-state index contributed by atoms with van der Waals surface area (Å²) in [4.78, 5) is 11.1. The van der Waals surface area contributed by atoms with Crippen molar-refractivity contribution < 1.29 is 4.79 Å². The maximum Gasteiger partial charge on any atom is 0.234 e. The Morgan fingerprint density at radius 1 is 1.60 bits per heavy atom. The molecule has 1 unspecified atom stereocenters. The fourth-order valence-corrected chi connectivity index (χ4v) is 1.75. The summed E-state index contributed by atoms with van der Waals surface area (Å²) in [6, 6.07) is 1.92. The summed E-state index contributed by atoms with van der Waals surface area (Å²) in [5.74, 6) is -0.113. The molecule has 1 aliphatic carbocycles. The molecule has 4 heteroatoms. The minimum atomic E-state index is -0.308. The van der Waals surface area contributed by atoms with Crippen molar-refractivity contribution >= 4 is 5.91 Å². The molecule has 0 heterocycles. The van der Waals surface area contributed by atoms with Gasteiger partial charge in [-0.25, -0.2) is 0 Å². The van der Waals surface area contributed by atoms with Crippen molar-refractivity contribution in [1.82, 2.24) is 5.32 Å². The van der Waals surface area contributed by atoms with Gasteiger partial charge in [0.15, 0.2) is 0 Å². The number of hydrogen-bond acceptors (Lipinski definition) is 3. The first-order valence-electron chi connectivity index (χ1n) is 5.40. The summed E-state index contributed by atoms with van der Waals surface area (Å²) in [6.45, 7) is 4.66. The van der Waals surface area contributed by atoms with Crippen molar-refractivity contribution in [3.63, 3.8) is 0 Å². The number of nitrogens with one attached hydrogen (secondary N) is 1. The fraction of sp³-hybridized carbons (Fsp3) is 0.818. The van der Waals surface area contributed by atoms with E-state index in [0.29, 0.717) is 6.42 Å². The first-order valence-corrected chi connectivity index (χ1v) is 5.40. The standard InChI is InChI=1S/C11H19N3O/c1-8(2)9(10(13)15)14-7-11(3-4-11)5-6-12/h8-9,14H,3-5,7H2,1-2H3,(H2,13,15). The van der Waals surface area contributed by atoms with Crippen LogP contribution in [0, 0.1) is 22.7 Å². The summed E-state index contributed by atoms with van der Waals surface area (Å²) >= 11 is 0. The van der Waals surface area contributed by atoms with Gasteiger partial charge in [-0.2, -0.15) is 5.26 Å². The van der Waals surface area contributed by atoms with Crippen LogP contribution in [0.15, 0.2) is 0 Å². The Morgan fingerprint density at radius 3 is 2.53 bits per heavy atom. The van der Waals surface area contributed by atoms with Gasteiger partial charge in [-0.15, -0.1) is 0 Å². The zero-order chi connectivity index (χ0) is 11.5. The molecule has 1 amide bonds. The van der Waals surface area contributed by atoms with Crippen molar-refractivity contribution in [2.24, 2.45) is 17.1 Å². The Morgan fingerprint density at radius 2 is 2.20 bits per heavy atom. The summed E-state index contributed by atoms with van der Waals surface area (Å²) < 4.78 is 0. The van der Waals surface area contributed by atoms with E-state index in [0.717, 1.165) is 19.4 Å². The second-order valence-electron chi connectivity index (χ2n) is 4.84. The van der Waals surface area contributed by atoms with Gasteiger partial charge in [0.1, 0.15) is 0 Å². The largest absolute Gasteiger partial charge is 0.368 e. The zero-order valence-electron chi connectivity index (χ0n) is 9.42. The molecule has 0 aromatic heterocycles. The monoisotopic (exact) mass is 209 g/mol. The van der Waals surface area contributed by atoms with E-state index in [1.165, 1.54) is 0 Å². The minimum Gasteiger partial charge on any atom is -0.368 e. The van der Waals surface area contributed by atoms with Crippen LogP contribution in [0.1, 0.15) is 33.1 Å². The average Bonchev–Trinajstić information content (AvgIpc) is 2.85. The van der Waals surface area contributed by atoms with Crippen LogP contribution >= 0.6 is 0 Å². The summed E-state index contributed by atoms with van der Waals surface area (Å²) in [7, 11) is 0. The van der Waals surface area contributed by atoms with Crippen LogP contribution in [0.5, 0.6) is 0 Å². The molecular weight excluding hydrogens is 190 g/mol. The number of hydrogen-bond donors (Lipinski definition) is 2. The Hall–Kier alpha value is -1.08. The van der Waals surface area contributed by atoms with Gasteiger partial charge < -0.3 is 11.1 Å². The van der Waals surface area contributed by atoms with E-state index in [1.54, 1.807) is 0 Å². The highest BCUT2D eigenvalue weighted by Gasteiger charge is 2.42. The maximum atomic E-state index is 11.1. The molecule has 0 aromatic carbocycles. The molecule has 0 aromatic rings. The number of nitriles is 1. The van der Waals surface area contributed by atoms with Gasteiger partial charge in [-0.05, 0) is 24.2 Å². The molecule has 1 aliphatic rings. The summed E-state index contributed by atoms with van der Waals surface area (Å²) in [6.07, 6.45) is 2.73. The van der Waals surface area contributed by atoms with E-state index in [4.69, 9.17) is 11.0 Å². The third kappa shape index (κ3) is 3.21. The molecule has 1 fully saturated rings. The minimum absolute atomic E-state index is 0.122. The normalized spacial score (nSPS) is 19.6. The molecule has 0 spiro atoms. The maximum absolute atomic E-state index is 11.1. The van der Waals surface area contributed by atoms with Gasteiger partial charge in [0, 0.05) is 13.0 Å². The first kappa shape index (κ1) is 12.0. The van der Waals surface area contributed by atoms with Gasteiger partial charge in [0.2, 0.25) is 5.91 Å². The van der Waals surface area contributed by atoms with Gasteiger partial charge in [0.25, 0.3) is 0 Å². The second kappa shape index (κ2) is 4.63. The van der Waals surface area contributed by atoms with E-state index in [1.807, 2.05) is 13.8 Å². The molecule has 15 heavy (non-hydrogen) atoms. The number of nitrogens with two attached hydrogens (primary N) is 1. The van der Waals surface area contributed by atoms with Crippen molar-refractivity contribution in [2.45, 2.75) is 39.2 Å². The van der Waals surface area contributed by atoms with Crippen molar-refractivity contribution in [3.8, 4) is 6.07 Å². The molecule has 84 valence electrons. The third-order valence-corrected chi connectivity index (χ3v) is 3.08. The van der Waals surface area contributed by atoms with Crippen LogP contribution < -0.4 is 11.1 Å². The zero-order valence-corrected chi connectivity index (χ0v) is 9.42. The van der Waals surface area contributed by atoms with E-state index < -0.39 is 0 Å². The predicted octanol–water partition coefficient (Wildman–Crippen LogP) is 0.780. The quantitative estimate of drug-likeness (QED) is 0.678. The van der Waals surface area contributed by atoms with Crippen LogP contribution in [0.25, 0.3) is 0 Å². The van der Waals surface area contributed by atoms with Gasteiger partial charge >= 0.3 is 0 Å². The van der Waals surface area contributed by atoms with Crippen LogP contribution in [0.3, 0.4) is 0 Å². The number of carbonyl (C=O) groups is 1. The molecule has 0 bridgehead atoms. The van der Waals surface area contributed by atoms with Crippen LogP contribution in [-0.2, 0) is 4.79 Å². The Labute approximate surface area is 90.8 Å². The molecule has 3 N–H and O–H groups in total. The Kier molecular flexibility index (Phi) is 3.70. The lowest BCUT2D eigenvalue weighted by atomic mass is 10.00. The number of carbonyl (C=O) groups excluding carboxylic acids is 1. The van der Waals surface area contributed by atoms with Crippen molar-refractivity contribution in [1.29, 1.82) is 5.26 Å². The lowest BCUT2D eigenvalue weighted by molar-refractivity contribution is -0.121. The van der Waals surface area contributed by atoms with Crippen molar-refractivity contribution in [3.05, 3.63) is 0 Å². The third-order valence-electron chi connectivity index (χ3n) is 3.08. The Bertz CT molecular complexity index is 276. The highest BCUT2D eigenvalue weighted by atomic mass is 16.1. The van der Waals surface area contributed by atoms with Gasteiger partial charge in [0.05, 0.1) is 12.1 Å². The fourth-order valence-electron chi connectivity index (χ4n) is 1.75. The number of nitrogens with zero attached hydrogens (tertiary/aromatic N) is 1. The molecule has 0 radical (unpaired) electrons. The van der Waals surface area contributed by atoms with Gasteiger partial charge in [-0.3, -0.25) is 4.79 Å². The number of amides is 1. The van der Waals surface area contributed by atoms with Gasteiger partial charge in [-0.1, -0.05) is 13.8 Å². The van der Waals surface area contributed by atoms with Crippen LogP contribution in [-0.4, -0.2) is 18.5 Å². The smallest absolute Gasteiger partial charge is 0.234 e. The molecule has 1 saturated carbocycles. The number of primary amides is 1. The molecule has 0 aliphatic heterocycles. The lowest BCUT2D eigenvalue weighted by Gasteiger charge is -2.21. The highest BCUT2D eigenvalue weighted by Crippen LogP contribution is 2.47. The molecule has 1 atom stereocenters. The Balaban J connectivity index is 2.41. The van der Waals surface area contributed by atoms with E-state index in [-0.39, 0.29) is 23.3 Å². The molecular formula is C11H19N3O. The van der Waals surface area contributed by atoms with Crippen LogP contribution in [0.2, 0.25) is 0 Å². The molecule has 4 nitrogen and oxygen atoms in total. The highest BCUT2D eigenvalue weighted by molar-refractivity contribution is 5.80.